The first kappa shape index (κ1) is 16.3. The normalized spacial score (nSPS) is 11.2. The van der Waals surface area contributed by atoms with Crippen molar-refractivity contribution in [2.24, 2.45) is 0 Å². The van der Waals surface area contributed by atoms with Crippen molar-refractivity contribution >= 4 is 11.6 Å². The van der Waals surface area contributed by atoms with Crippen molar-refractivity contribution in [1.29, 1.82) is 0 Å². The van der Waals surface area contributed by atoms with Crippen molar-refractivity contribution < 1.29 is 14.6 Å². The number of carbonyl (C=O) groups excluding carboxylic acids is 1. The number of amides is 1. The van der Waals surface area contributed by atoms with Gasteiger partial charge in [0, 0.05) is 0 Å². The molecule has 0 heterocycles. The Morgan fingerprint density at radius 3 is 2.50 bits per heavy atom. The number of nitrogens with two attached hydrogens (primary N) is 1. The lowest BCUT2D eigenvalue weighted by atomic mass is 9.93. The van der Waals surface area contributed by atoms with Crippen LogP contribution in [0.25, 0.3) is 0 Å². The maximum Gasteiger partial charge on any atom is 0.255 e. The third-order valence-corrected chi connectivity index (χ3v) is 3.61. The maximum absolute atomic E-state index is 12.4. The Labute approximate surface area is 120 Å². The Morgan fingerprint density at radius 2 is 2.00 bits per heavy atom. The minimum absolute atomic E-state index is 0.0992. The first-order chi connectivity index (χ1) is 9.53. The van der Waals surface area contributed by atoms with Crippen LogP contribution in [0.5, 0.6) is 5.75 Å². The van der Waals surface area contributed by atoms with Crippen LogP contribution in [0.1, 0.15) is 44.0 Å². The second-order valence-corrected chi connectivity index (χ2v) is 4.76. The van der Waals surface area contributed by atoms with Crippen molar-refractivity contribution in [3.63, 3.8) is 0 Å². The number of ether oxygens (including phenoxy) is 1. The predicted octanol–water partition coefficient (Wildman–Crippen LogP) is 1.95. The molecule has 0 saturated carbocycles. The summed E-state index contributed by atoms with van der Waals surface area (Å²) in [6.45, 7) is 6.04. The number of hydrogen-bond donors (Lipinski definition) is 3. The van der Waals surface area contributed by atoms with E-state index in [1.165, 1.54) is 0 Å². The molecule has 5 heteroatoms. The van der Waals surface area contributed by atoms with E-state index in [-0.39, 0.29) is 12.5 Å². The van der Waals surface area contributed by atoms with Gasteiger partial charge in [-0.3, -0.25) is 4.79 Å². The monoisotopic (exact) mass is 280 g/mol. The van der Waals surface area contributed by atoms with E-state index in [4.69, 9.17) is 10.5 Å². The molecule has 0 radical (unpaired) electrons. The Kier molecular flexibility index (Phi) is 5.82. The lowest BCUT2D eigenvalue weighted by Gasteiger charge is -2.31. The van der Waals surface area contributed by atoms with E-state index in [0.29, 0.717) is 36.4 Å². The number of benzene rings is 1. The first-order valence-corrected chi connectivity index (χ1v) is 6.98. The summed E-state index contributed by atoms with van der Waals surface area (Å²) in [5, 5.41) is 12.4. The number of hydrogen-bond acceptors (Lipinski definition) is 4. The van der Waals surface area contributed by atoms with Gasteiger partial charge >= 0.3 is 0 Å². The van der Waals surface area contributed by atoms with E-state index >= 15 is 0 Å². The smallest absolute Gasteiger partial charge is 0.255 e. The van der Waals surface area contributed by atoms with Crippen LogP contribution in [0.3, 0.4) is 0 Å². The number of rotatable bonds is 7. The number of anilines is 1. The molecule has 0 saturated heterocycles. The molecule has 1 aromatic carbocycles. The molecule has 1 aromatic rings. The van der Waals surface area contributed by atoms with E-state index < -0.39 is 5.54 Å². The van der Waals surface area contributed by atoms with Crippen LogP contribution >= 0.6 is 0 Å². The molecule has 0 aliphatic rings. The molecule has 0 spiro atoms. The molecular formula is C15H24N2O3. The molecule has 0 aromatic heterocycles. The average Bonchev–Trinajstić information content (AvgIpc) is 2.47. The fourth-order valence-corrected chi connectivity index (χ4v) is 2.04. The number of para-hydroxylation sites is 1. The van der Waals surface area contributed by atoms with Crippen molar-refractivity contribution in [1.82, 2.24) is 5.32 Å². The minimum atomic E-state index is -0.606. The molecule has 0 bridgehead atoms. The second-order valence-electron chi connectivity index (χ2n) is 4.76. The van der Waals surface area contributed by atoms with Crippen LogP contribution in [-0.4, -0.2) is 29.8 Å². The lowest BCUT2D eigenvalue weighted by molar-refractivity contribution is 0.0814. The van der Waals surface area contributed by atoms with Crippen LogP contribution in [-0.2, 0) is 0 Å². The van der Waals surface area contributed by atoms with Crippen LogP contribution < -0.4 is 15.8 Å². The summed E-state index contributed by atoms with van der Waals surface area (Å²) in [6.07, 6.45) is 1.30. The Hall–Kier alpha value is -1.75. The summed E-state index contributed by atoms with van der Waals surface area (Å²) in [6, 6.07) is 5.08. The number of nitrogen functional groups attached to an aromatic ring is 1. The highest BCUT2D eigenvalue weighted by molar-refractivity contribution is 5.99. The van der Waals surface area contributed by atoms with Gasteiger partial charge in [0.2, 0.25) is 0 Å². The van der Waals surface area contributed by atoms with Gasteiger partial charge in [-0.05, 0) is 31.9 Å². The van der Waals surface area contributed by atoms with E-state index in [2.05, 4.69) is 5.32 Å². The topological polar surface area (TPSA) is 84.6 Å². The van der Waals surface area contributed by atoms with E-state index in [9.17, 15) is 9.90 Å². The average molecular weight is 280 g/mol. The zero-order valence-electron chi connectivity index (χ0n) is 12.4. The number of aliphatic hydroxyl groups excluding tert-OH is 1. The molecule has 1 amide bonds. The molecule has 0 atom stereocenters. The van der Waals surface area contributed by atoms with Crippen molar-refractivity contribution in [3.8, 4) is 5.75 Å². The molecular weight excluding hydrogens is 256 g/mol. The molecule has 0 unspecified atom stereocenters. The van der Waals surface area contributed by atoms with E-state index in [0.717, 1.165) is 0 Å². The molecule has 4 N–H and O–H groups in total. The molecule has 0 aliphatic carbocycles. The SMILES string of the molecule is CCOc1c(N)cccc1C(=O)NC(CC)(CC)CO. The largest absolute Gasteiger partial charge is 0.491 e. The van der Waals surface area contributed by atoms with Gasteiger partial charge in [0.1, 0.15) is 0 Å². The molecule has 112 valence electrons. The fourth-order valence-electron chi connectivity index (χ4n) is 2.04. The summed E-state index contributed by atoms with van der Waals surface area (Å²) in [5.41, 5.74) is 6.07. The molecule has 20 heavy (non-hydrogen) atoms. The highest BCUT2D eigenvalue weighted by atomic mass is 16.5. The molecule has 5 nitrogen and oxygen atoms in total. The predicted molar refractivity (Wildman–Crippen MR) is 79.9 cm³/mol. The second kappa shape index (κ2) is 7.14. The summed E-state index contributed by atoms with van der Waals surface area (Å²) < 4.78 is 5.46. The van der Waals surface area contributed by atoms with Crippen LogP contribution in [0.15, 0.2) is 18.2 Å². The van der Waals surface area contributed by atoms with Gasteiger partial charge in [-0.15, -0.1) is 0 Å². The summed E-state index contributed by atoms with van der Waals surface area (Å²) in [7, 11) is 0. The van der Waals surface area contributed by atoms with Crippen LogP contribution in [0, 0.1) is 0 Å². The quantitative estimate of drug-likeness (QED) is 0.666. The third-order valence-electron chi connectivity index (χ3n) is 3.61. The number of carbonyl (C=O) groups is 1. The third kappa shape index (κ3) is 3.42. The number of nitrogens with one attached hydrogen (secondary N) is 1. The van der Waals surface area contributed by atoms with Gasteiger partial charge in [0.05, 0.1) is 30.0 Å². The highest BCUT2D eigenvalue weighted by Gasteiger charge is 2.29. The summed E-state index contributed by atoms with van der Waals surface area (Å²) in [4.78, 5) is 12.4. The van der Waals surface area contributed by atoms with Crippen LogP contribution in [0.2, 0.25) is 0 Å². The number of aliphatic hydroxyl groups is 1. The fraction of sp³-hybridized carbons (Fsp3) is 0.533. The zero-order chi connectivity index (χ0) is 15.2. The van der Waals surface area contributed by atoms with Gasteiger partial charge < -0.3 is 20.9 Å². The lowest BCUT2D eigenvalue weighted by Crippen LogP contribution is -2.50. The van der Waals surface area contributed by atoms with Crippen molar-refractivity contribution in [3.05, 3.63) is 23.8 Å². The van der Waals surface area contributed by atoms with Gasteiger partial charge in [0.15, 0.2) is 5.75 Å². The van der Waals surface area contributed by atoms with Crippen LogP contribution in [0.4, 0.5) is 5.69 Å². The minimum Gasteiger partial charge on any atom is -0.491 e. The highest BCUT2D eigenvalue weighted by Crippen LogP contribution is 2.27. The maximum atomic E-state index is 12.4. The van der Waals surface area contributed by atoms with E-state index in [1.807, 2.05) is 20.8 Å². The Balaban J connectivity index is 3.06. The van der Waals surface area contributed by atoms with Gasteiger partial charge in [-0.1, -0.05) is 19.9 Å². The molecule has 0 fully saturated rings. The summed E-state index contributed by atoms with van der Waals surface area (Å²) >= 11 is 0. The standard InChI is InChI=1S/C15H24N2O3/c1-4-15(5-2,10-18)17-14(19)11-8-7-9-12(16)13(11)20-6-3/h7-9,18H,4-6,10,16H2,1-3H3,(H,17,19). The van der Waals surface area contributed by atoms with Gasteiger partial charge in [0.25, 0.3) is 5.91 Å². The van der Waals surface area contributed by atoms with Crippen molar-refractivity contribution in [2.75, 3.05) is 18.9 Å². The first-order valence-electron chi connectivity index (χ1n) is 6.98. The van der Waals surface area contributed by atoms with Gasteiger partial charge in [-0.2, -0.15) is 0 Å². The molecule has 0 aliphatic heterocycles. The molecule has 1 rings (SSSR count). The van der Waals surface area contributed by atoms with E-state index in [1.54, 1.807) is 18.2 Å². The summed E-state index contributed by atoms with van der Waals surface area (Å²) in [5.74, 6) is 0.116. The Bertz CT molecular complexity index is 448. The van der Waals surface area contributed by atoms with Crippen molar-refractivity contribution in [2.45, 2.75) is 39.2 Å². The zero-order valence-corrected chi connectivity index (χ0v) is 12.4. The van der Waals surface area contributed by atoms with Gasteiger partial charge in [-0.25, -0.2) is 0 Å². The Morgan fingerprint density at radius 1 is 1.35 bits per heavy atom.